The fourth-order valence-corrected chi connectivity index (χ4v) is 5.30. The Morgan fingerprint density at radius 3 is 2.33 bits per heavy atom. The molecule has 2 atom stereocenters. The molecule has 1 aliphatic heterocycles. The largest absolute Gasteiger partial charge is 0.465 e. The molecule has 0 bridgehead atoms. The molecule has 1 amide bonds. The van der Waals surface area contributed by atoms with Crippen LogP contribution in [0.3, 0.4) is 0 Å². The normalized spacial score (nSPS) is 26.2. The van der Waals surface area contributed by atoms with E-state index >= 15 is 0 Å². The summed E-state index contributed by atoms with van der Waals surface area (Å²) in [6.07, 6.45) is 1.17. The lowest BCUT2D eigenvalue weighted by Crippen LogP contribution is -2.67. The molecule has 1 saturated carbocycles. The monoisotopic (exact) mass is 405 g/mol. The lowest BCUT2D eigenvalue weighted by Gasteiger charge is -2.55. The molecule has 5 heteroatoms. The first kappa shape index (κ1) is 20.3. The number of carbonyl (C=O) groups excluding carboxylic acids is 3. The summed E-state index contributed by atoms with van der Waals surface area (Å²) in [5.74, 6) is -0.611. The van der Waals surface area contributed by atoms with Crippen LogP contribution in [0.5, 0.6) is 0 Å². The summed E-state index contributed by atoms with van der Waals surface area (Å²) >= 11 is 0. The van der Waals surface area contributed by atoms with Crippen molar-refractivity contribution in [2.45, 2.75) is 44.6 Å². The van der Waals surface area contributed by atoms with Crippen LogP contribution in [0.15, 0.2) is 60.7 Å². The number of benzene rings is 2. The minimum absolute atomic E-state index is 0.100. The van der Waals surface area contributed by atoms with Gasteiger partial charge in [-0.1, -0.05) is 60.7 Å². The Bertz CT molecular complexity index is 942. The van der Waals surface area contributed by atoms with Gasteiger partial charge in [0.25, 0.3) is 0 Å². The second kappa shape index (κ2) is 8.05. The smallest absolute Gasteiger partial charge is 0.322 e. The van der Waals surface area contributed by atoms with Gasteiger partial charge >= 0.3 is 5.97 Å². The lowest BCUT2D eigenvalue weighted by atomic mass is 9.49. The number of likely N-dealkylation sites (tertiary alicyclic amines) is 1. The Balaban J connectivity index is 1.82. The van der Waals surface area contributed by atoms with Crippen molar-refractivity contribution in [3.05, 3.63) is 71.8 Å². The van der Waals surface area contributed by atoms with E-state index < -0.39 is 16.8 Å². The Hall–Kier alpha value is -2.95. The van der Waals surface area contributed by atoms with Crippen molar-refractivity contribution >= 4 is 17.7 Å². The molecule has 0 spiro atoms. The molecular formula is C25H27NO4. The number of rotatable bonds is 5. The van der Waals surface area contributed by atoms with E-state index in [4.69, 9.17) is 4.74 Å². The van der Waals surface area contributed by atoms with E-state index in [0.29, 0.717) is 19.5 Å². The minimum Gasteiger partial charge on any atom is -0.465 e. The van der Waals surface area contributed by atoms with E-state index in [1.54, 1.807) is 11.8 Å². The number of carbonyl (C=O) groups is 3. The molecule has 1 heterocycles. The number of esters is 1. The molecule has 5 nitrogen and oxygen atoms in total. The number of hydrogen-bond donors (Lipinski definition) is 0. The van der Waals surface area contributed by atoms with Crippen LogP contribution in [-0.4, -0.2) is 35.7 Å². The molecule has 0 unspecified atom stereocenters. The van der Waals surface area contributed by atoms with E-state index in [2.05, 4.69) is 0 Å². The first-order chi connectivity index (χ1) is 14.5. The number of piperidine rings is 1. The number of nitrogens with zero attached hydrogens (tertiary/aromatic N) is 1. The molecule has 2 aliphatic rings. The number of hydrogen-bond acceptors (Lipinski definition) is 4. The Labute approximate surface area is 177 Å². The summed E-state index contributed by atoms with van der Waals surface area (Å²) in [6.45, 7) is 2.89. The highest BCUT2D eigenvalue weighted by molar-refractivity contribution is 6.07. The second-order valence-electron chi connectivity index (χ2n) is 8.25. The van der Waals surface area contributed by atoms with Crippen molar-refractivity contribution < 1.29 is 19.1 Å². The standard InChI is InChI=1S/C25H27NO4/c1-2-30-23(29)25-14-13-21(27)17-24(25,20-11-7-4-8-12-20)15-16-26(22(25)28)18-19-9-5-3-6-10-19/h3-12H,2,13-18H2,1H3/t24-,25-/m1/s1. The maximum absolute atomic E-state index is 14.0. The van der Waals surface area contributed by atoms with Gasteiger partial charge in [-0.3, -0.25) is 14.4 Å². The molecule has 0 aromatic heterocycles. The zero-order valence-corrected chi connectivity index (χ0v) is 17.3. The quantitative estimate of drug-likeness (QED) is 0.563. The average Bonchev–Trinajstić information content (AvgIpc) is 2.77. The summed E-state index contributed by atoms with van der Waals surface area (Å²) in [7, 11) is 0. The van der Waals surface area contributed by atoms with Crippen molar-refractivity contribution in [3.8, 4) is 0 Å². The van der Waals surface area contributed by atoms with Gasteiger partial charge in [-0.05, 0) is 30.9 Å². The van der Waals surface area contributed by atoms with Gasteiger partial charge < -0.3 is 9.64 Å². The molecule has 2 fully saturated rings. The van der Waals surface area contributed by atoms with E-state index in [-0.39, 0.29) is 37.6 Å². The van der Waals surface area contributed by atoms with Crippen molar-refractivity contribution in [2.75, 3.05) is 13.2 Å². The molecule has 156 valence electrons. The fourth-order valence-electron chi connectivity index (χ4n) is 5.30. The van der Waals surface area contributed by atoms with E-state index in [9.17, 15) is 14.4 Å². The molecule has 0 radical (unpaired) electrons. The molecule has 4 rings (SSSR count). The van der Waals surface area contributed by atoms with Gasteiger partial charge in [0.2, 0.25) is 5.91 Å². The predicted molar refractivity (Wildman–Crippen MR) is 113 cm³/mol. The third-order valence-electron chi connectivity index (χ3n) is 6.72. The zero-order valence-electron chi connectivity index (χ0n) is 17.3. The van der Waals surface area contributed by atoms with E-state index in [1.807, 2.05) is 60.7 Å². The van der Waals surface area contributed by atoms with Crippen LogP contribution < -0.4 is 0 Å². The van der Waals surface area contributed by atoms with Crippen molar-refractivity contribution in [3.63, 3.8) is 0 Å². The van der Waals surface area contributed by atoms with Gasteiger partial charge in [0.15, 0.2) is 5.41 Å². The molecule has 30 heavy (non-hydrogen) atoms. The van der Waals surface area contributed by atoms with Gasteiger partial charge in [-0.2, -0.15) is 0 Å². The van der Waals surface area contributed by atoms with Gasteiger partial charge in [0.1, 0.15) is 5.78 Å². The Morgan fingerprint density at radius 1 is 1.00 bits per heavy atom. The summed E-state index contributed by atoms with van der Waals surface area (Å²) < 4.78 is 5.49. The van der Waals surface area contributed by atoms with Crippen LogP contribution >= 0.6 is 0 Å². The van der Waals surface area contributed by atoms with Crippen molar-refractivity contribution in [2.24, 2.45) is 5.41 Å². The number of ketones is 1. The van der Waals surface area contributed by atoms with Crippen LogP contribution in [-0.2, 0) is 31.1 Å². The number of fused-ring (bicyclic) bond motifs is 1. The number of amides is 1. The highest BCUT2D eigenvalue weighted by Crippen LogP contribution is 2.57. The number of ether oxygens (including phenoxy) is 1. The highest BCUT2D eigenvalue weighted by atomic mass is 16.5. The molecular weight excluding hydrogens is 378 g/mol. The summed E-state index contributed by atoms with van der Waals surface area (Å²) in [6, 6.07) is 19.4. The van der Waals surface area contributed by atoms with Crippen LogP contribution in [0.2, 0.25) is 0 Å². The molecule has 1 saturated heterocycles. The lowest BCUT2D eigenvalue weighted by molar-refractivity contribution is -0.181. The summed E-state index contributed by atoms with van der Waals surface area (Å²) in [4.78, 5) is 41.9. The van der Waals surface area contributed by atoms with E-state index in [0.717, 1.165) is 11.1 Å². The van der Waals surface area contributed by atoms with Gasteiger partial charge in [-0.15, -0.1) is 0 Å². The van der Waals surface area contributed by atoms with Crippen molar-refractivity contribution in [1.29, 1.82) is 0 Å². The minimum atomic E-state index is -1.37. The molecule has 2 aromatic rings. The van der Waals surface area contributed by atoms with Crippen molar-refractivity contribution in [1.82, 2.24) is 4.90 Å². The second-order valence-corrected chi connectivity index (χ2v) is 8.25. The van der Waals surface area contributed by atoms with Gasteiger partial charge in [0.05, 0.1) is 6.61 Å². The zero-order chi connectivity index (χ0) is 21.2. The van der Waals surface area contributed by atoms with Gasteiger partial charge in [0, 0.05) is 31.3 Å². The van der Waals surface area contributed by atoms with Crippen LogP contribution in [0, 0.1) is 5.41 Å². The average molecular weight is 405 g/mol. The van der Waals surface area contributed by atoms with Crippen LogP contribution in [0.1, 0.15) is 43.7 Å². The highest BCUT2D eigenvalue weighted by Gasteiger charge is 2.68. The molecule has 1 aliphatic carbocycles. The maximum atomic E-state index is 14.0. The summed E-state index contributed by atoms with van der Waals surface area (Å²) in [5.41, 5.74) is -0.339. The predicted octanol–water partition coefficient (Wildman–Crippen LogP) is 3.66. The Morgan fingerprint density at radius 2 is 1.67 bits per heavy atom. The fraction of sp³-hybridized carbons (Fsp3) is 0.400. The first-order valence-electron chi connectivity index (χ1n) is 10.6. The SMILES string of the molecule is CCOC(=O)[C@]12CCC(=O)C[C@@]1(c1ccccc1)CCN(Cc1ccccc1)C2=O. The first-order valence-corrected chi connectivity index (χ1v) is 10.6. The number of Topliss-reactive ketones (excluding diaryl/α,β-unsaturated/α-hetero) is 1. The Kier molecular flexibility index (Phi) is 5.46. The van der Waals surface area contributed by atoms with Gasteiger partial charge in [-0.25, -0.2) is 0 Å². The molecule has 0 N–H and O–H groups in total. The summed E-state index contributed by atoms with van der Waals surface area (Å²) in [5, 5.41) is 0. The van der Waals surface area contributed by atoms with Crippen LogP contribution in [0.25, 0.3) is 0 Å². The topological polar surface area (TPSA) is 63.7 Å². The van der Waals surface area contributed by atoms with Crippen LogP contribution in [0.4, 0.5) is 0 Å². The maximum Gasteiger partial charge on any atom is 0.322 e. The molecule has 2 aromatic carbocycles. The third-order valence-corrected chi connectivity index (χ3v) is 6.72. The van der Waals surface area contributed by atoms with E-state index in [1.165, 1.54) is 0 Å². The third kappa shape index (κ3) is 3.13.